The summed E-state index contributed by atoms with van der Waals surface area (Å²) in [6.45, 7) is 5.41. The van der Waals surface area contributed by atoms with E-state index in [2.05, 4.69) is 16.8 Å². The zero-order valence-electron chi connectivity index (χ0n) is 10.9. The van der Waals surface area contributed by atoms with E-state index in [0.717, 1.165) is 44.7 Å². The fourth-order valence-corrected chi connectivity index (χ4v) is 2.75. The Bertz CT molecular complexity index is 363. The predicted octanol–water partition coefficient (Wildman–Crippen LogP) is 1.50. The van der Waals surface area contributed by atoms with Gasteiger partial charge in [-0.2, -0.15) is 0 Å². The molecule has 1 aliphatic rings. The van der Waals surface area contributed by atoms with Crippen molar-refractivity contribution in [2.24, 2.45) is 7.05 Å². The standard InChI is InChI=1S/C13H23N3O/c1-3-8-16-9-4-5-13(17,6-10-16)12-14-7-11-15(12)2/h7,11,17H,3-6,8-10H2,1-2H3. The number of rotatable bonds is 3. The van der Waals surface area contributed by atoms with Gasteiger partial charge in [0.15, 0.2) is 0 Å². The smallest absolute Gasteiger partial charge is 0.140 e. The molecule has 4 heteroatoms. The molecule has 2 rings (SSSR count). The van der Waals surface area contributed by atoms with E-state index in [1.807, 2.05) is 17.8 Å². The van der Waals surface area contributed by atoms with Crippen molar-refractivity contribution < 1.29 is 5.11 Å². The number of aliphatic hydroxyl groups is 1. The van der Waals surface area contributed by atoms with Gasteiger partial charge in [0.25, 0.3) is 0 Å². The summed E-state index contributed by atoms with van der Waals surface area (Å²) in [6.07, 6.45) is 7.50. The first-order chi connectivity index (χ1) is 8.15. The maximum absolute atomic E-state index is 10.8. The van der Waals surface area contributed by atoms with Crippen LogP contribution < -0.4 is 0 Å². The Balaban J connectivity index is 2.09. The van der Waals surface area contributed by atoms with Crippen LogP contribution in [0.15, 0.2) is 12.4 Å². The van der Waals surface area contributed by atoms with Crippen LogP contribution in [-0.4, -0.2) is 39.2 Å². The van der Waals surface area contributed by atoms with Crippen LogP contribution in [-0.2, 0) is 12.6 Å². The van der Waals surface area contributed by atoms with Crippen LogP contribution in [0.2, 0.25) is 0 Å². The molecule has 4 nitrogen and oxygen atoms in total. The molecule has 1 aromatic heterocycles. The lowest BCUT2D eigenvalue weighted by Gasteiger charge is -2.26. The zero-order valence-corrected chi connectivity index (χ0v) is 10.9. The van der Waals surface area contributed by atoms with E-state index in [0.29, 0.717) is 0 Å². The van der Waals surface area contributed by atoms with E-state index >= 15 is 0 Å². The number of imidazole rings is 1. The number of nitrogens with zero attached hydrogens (tertiary/aromatic N) is 3. The molecule has 0 aliphatic carbocycles. The average molecular weight is 237 g/mol. The minimum Gasteiger partial charge on any atom is -0.382 e. The van der Waals surface area contributed by atoms with E-state index < -0.39 is 5.60 Å². The molecule has 1 unspecified atom stereocenters. The lowest BCUT2D eigenvalue weighted by Crippen LogP contribution is -2.31. The second-order valence-corrected chi connectivity index (χ2v) is 5.09. The Hall–Kier alpha value is -0.870. The Kier molecular flexibility index (Phi) is 3.84. The molecule has 0 saturated carbocycles. The SMILES string of the molecule is CCCN1CCCC(O)(c2nccn2C)CC1. The highest BCUT2D eigenvalue weighted by atomic mass is 16.3. The third-order valence-corrected chi connectivity index (χ3v) is 3.68. The largest absolute Gasteiger partial charge is 0.382 e. The van der Waals surface area contributed by atoms with Crippen molar-refractivity contribution in [1.29, 1.82) is 0 Å². The molecule has 1 aromatic rings. The van der Waals surface area contributed by atoms with Crippen molar-refractivity contribution in [2.45, 2.75) is 38.2 Å². The fraction of sp³-hybridized carbons (Fsp3) is 0.769. The quantitative estimate of drug-likeness (QED) is 0.866. The van der Waals surface area contributed by atoms with Gasteiger partial charge in [0, 0.05) is 26.0 Å². The Morgan fingerprint density at radius 1 is 1.41 bits per heavy atom. The maximum atomic E-state index is 10.8. The maximum Gasteiger partial charge on any atom is 0.140 e. The zero-order chi connectivity index (χ0) is 12.3. The molecule has 1 aliphatic heterocycles. The highest BCUT2D eigenvalue weighted by Gasteiger charge is 2.34. The van der Waals surface area contributed by atoms with Crippen LogP contribution in [0.4, 0.5) is 0 Å². The summed E-state index contributed by atoms with van der Waals surface area (Å²) in [5.41, 5.74) is -0.735. The Morgan fingerprint density at radius 2 is 2.24 bits per heavy atom. The predicted molar refractivity (Wildman–Crippen MR) is 67.7 cm³/mol. The number of hydrogen-bond acceptors (Lipinski definition) is 3. The van der Waals surface area contributed by atoms with Crippen molar-refractivity contribution in [3.63, 3.8) is 0 Å². The van der Waals surface area contributed by atoms with Crippen molar-refractivity contribution in [3.05, 3.63) is 18.2 Å². The van der Waals surface area contributed by atoms with Gasteiger partial charge < -0.3 is 14.6 Å². The summed E-state index contributed by atoms with van der Waals surface area (Å²) < 4.78 is 1.94. The van der Waals surface area contributed by atoms with Gasteiger partial charge in [-0.15, -0.1) is 0 Å². The van der Waals surface area contributed by atoms with Crippen LogP contribution in [0, 0.1) is 0 Å². The normalized spacial score (nSPS) is 27.0. The number of aromatic nitrogens is 2. The molecular weight excluding hydrogens is 214 g/mol. The molecule has 0 radical (unpaired) electrons. The van der Waals surface area contributed by atoms with Crippen molar-refractivity contribution >= 4 is 0 Å². The van der Waals surface area contributed by atoms with Gasteiger partial charge in [0.2, 0.25) is 0 Å². The highest BCUT2D eigenvalue weighted by Crippen LogP contribution is 2.31. The molecule has 17 heavy (non-hydrogen) atoms. The average Bonchev–Trinajstić information content (AvgIpc) is 2.64. The van der Waals surface area contributed by atoms with Gasteiger partial charge in [-0.1, -0.05) is 6.92 Å². The van der Waals surface area contributed by atoms with Crippen molar-refractivity contribution in [2.75, 3.05) is 19.6 Å². The first-order valence-corrected chi connectivity index (χ1v) is 6.58. The van der Waals surface area contributed by atoms with Gasteiger partial charge in [0.05, 0.1) is 0 Å². The first-order valence-electron chi connectivity index (χ1n) is 6.58. The molecule has 0 aromatic carbocycles. The van der Waals surface area contributed by atoms with Gasteiger partial charge in [-0.25, -0.2) is 4.98 Å². The summed E-state index contributed by atoms with van der Waals surface area (Å²) in [6, 6.07) is 0. The fourth-order valence-electron chi connectivity index (χ4n) is 2.75. The second kappa shape index (κ2) is 5.19. The molecule has 1 fully saturated rings. The Labute approximate surface area is 103 Å². The monoisotopic (exact) mass is 237 g/mol. The van der Waals surface area contributed by atoms with E-state index in [4.69, 9.17) is 0 Å². The van der Waals surface area contributed by atoms with Crippen LogP contribution in [0.3, 0.4) is 0 Å². The topological polar surface area (TPSA) is 41.3 Å². The number of likely N-dealkylation sites (tertiary alicyclic amines) is 1. The molecule has 0 amide bonds. The molecule has 2 heterocycles. The van der Waals surface area contributed by atoms with Crippen LogP contribution in [0.5, 0.6) is 0 Å². The minimum atomic E-state index is -0.735. The van der Waals surface area contributed by atoms with Crippen LogP contribution in [0.25, 0.3) is 0 Å². The summed E-state index contributed by atoms with van der Waals surface area (Å²) in [5, 5.41) is 10.8. The van der Waals surface area contributed by atoms with E-state index in [-0.39, 0.29) is 0 Å². The number of aryl methyl sites for hydroxylation is 1. The molecule has 0 bridgehead atoms. The van der Waals surface area contributed by atoms with Gasteiger partial charge >= 0.3 is 0 Å². The Morgan fingerprint density at radius 3 is 2.88 bits per heavy atom. The first kappa shape index (κ1) is 12.6. The van der Waals surface area contributed by atoms with Crippen molar-refractivity contribution in [3.8, 4) is 0 Å². The van der Waals surface area contributed by atoms with E-state index in [1.165, 1.54) is 6.42 Å². The summed E-state index contributed by atoms with van der Waals surface area (Å²) in [7, 11) is 1.95. The molecule has 96 valence electrons. The summed E-state index contributed by atoms with van der Waals surface area (Å²) >= 11 is 0. The minimum absolute atomic E-state index is 0.735. The lowest BCUT2D eigenvalue weighted by atomic mass is 9.94. The molecule has 1 saturated heterocycles. The highest BCUT2D eigenvalue weighted by molar-refractivity contribution is 5.05. The van der Waals surface area contributed by atoms with Crippen LogP contribution in [0.1, 0.15) is 38.4 Å². The molecule has 1 N–H and O–H groups in total. The van der Waals surface area contributed by atoms with Gasteiger partial charge in [-0.05, 0) is 38.8 Å². The lowest BCUT2D eigenvalue weighted by molar-refractivity contribution is 0.00993. The number of hydrogen-bond donors (Lipinski definition) is 1. The third-order valence-electron chi connectivity index (χ3n) is 3.68. The molecule has 0 spiro atoms. The summed E-state index contributed by atoms with van der Waals surface area (Å²) in [4.78, 5) is 6.76. The van der Waals surface area contributed by atoms with Crippen molar-refractivity contribution in [1.82, 2.24) is 14.5 Å². The summed E-state index contributed by atoms with van der Waals surface area (Å²) in [5.74, 6) is 0.816. The van der Waals surface area contributed by atoms with E-state index in [1.54, 1.807) is 6.20 Å². The molecular formula is C13H23N3O. The second-order valence-electron chi connectivity index (χ2n) is 5.09. The van der Waals surface area contributed by atoms with Crippen LogP contribution >= 0.6 is 0 Å². The third kappa shape index (κ3) is 2.69. The van der Waals surface area contributed by atoms with Gasteiger partial charge in [0.1, 0.15) is 11.4 Å². The van der Waals surface area contributed by atoms with E-state index in [9.17, 15) is 5.11 Å². The molecule has 1 atom stereocenters. The van der Waals surface area contributed by atoms with Gasteiger partial charge in [-0.3, -0.25) is 0 Å².